The van der Waals surface area contributed by atoms with Crippen LogP contribution in [0.4, 0.5) is 5.00 Å². The molecular weight excluding hydrogens is 422 g/mol. The summed E-state index contributed by atoms with van der Waals surface area (Å²) in [6.07, 6.45) is 6.60. The predicted octanol–water partition coefficient (Wildman–Crippen LogP) is 3.15. The lowest BCUT2D eigenvalue weighted by atomic mass is 10.1. The van der Waals surface area contributed by atoms with Crippen LogP contribution in [-0.2, 0) is 22.9 Å². The zero-order valence-corrected chi connectivity index (χ0v) is 18.3. The number of thiophene rings is 1. The number of hydrogen-bond acceptors (Lipinski definition) is 5. The van der Waals surface area contributed by atoms with Crippen LogP contribution in [0.15, 0.2) is 29.2 Å². The van der Waals surface area contributed by atoms with Crippen molar-refractivity contribution in [3.63, 3.8) is 0 Å². The maximum atomic E-state index is 12.8. The summed E-state index contributed by atoms with van der Waals surface area (Å²) in [7, 11) is -3.52. The van der Waals surface area contributed by atoms with Gasteiger partial charge in [-0.15, -0.1) is 11.3 Å². The second-order valence-electron chi connectivity index (χ2n) is 7.72. The van der Waals surface area contributed by atoms with Gasteiger partial charge in [-0.25, -0.2) is 8.42 Å². The quantitative estimate of drug-likeness (QED) is 0.686. The van der Waals surface area contributed by atoms with Crippen molar-refractivity contribution in [2.45, 2.75) is 49.8 Å². The minimum Gasteiger partial charge on any atom is -0.365 e. The number of primary amides is 1. The monoisotopic (exact) mass is 447 g/mol. The third-order valence-electron chi connectivity index (χ3n) is 5.71. The van der Waals surface area contributed by atoms with Gasteiger partial charge in [0.05, 0.1) is 10.5 Å². The summed E-state index contributed by atoms with van der Waals surface area (Å²) in [5.41, 5.74) is 7.33. The first-order chi connectivity index (χ1) is 14.4. The van der Waals surface area contributed by atoms with E-state index in [-0.39, 0.29) is 10.8 Å². The topological polar surface area (TPSA) is 110 Å². The van der Waals surface area contributed by atoms with Gasteiger partial charge >= 0.3 is 0 Å². The Balaban J connectivity index is 1.55. The summed E-state index contributed by atoms with van der Waals surface area (Å²) in [5.74, 6) is -0.921. The first-order valence-electron chi connectivity index (χ1n) is 10.2. The molecule has 30 heavy (non-hydrogen) atoms. The number of hydrogen-bond donors (Lipinski definition) is 2. The molecule has 1 aromatic carbocycles. The summed E-state index contributed by atoms with van der Waals surface area (Å²) in [6.45, 7) is 1.06. The van der Waals surface area contributed by atoms with Gasteiger partial charge in [0.1, 0.15) is 5.00 Å². The maximum Gasteiger partial charge on any atom is 0.256 e. The molecular formula is C21H25N3O4S2. The number of fused-ring (bicyclic) bond motifs is 1. The van der Waals surface area contributed by atoms with Crippen molar-refractivity contribution >= 4 is 38.2 Å². The van der Waals surface area contributed by atoms with E-state index in [0.29, 0.717) is 29.2 Å². The summed E-state index contributed by atoms with van der Waals surface area (Å²) in [4.78, 5) is 26.1. The molecule has 1 fully saturated rings. The number of anilines is 1. The van der Waals surface area contributed by atoms with Gasteiger partial charge in [0.2, 0.25) is 10.0 Å². The second-order valence-corrected chi connectivity index (χ2v) is 10.8. The smallest absolute Gasteiger partial charge is 0.256 e. The van der Waals surface area contributed by atoms with E-state index in [1.54, 1.807) is 0 Å². The lowest BCUT2D eigenvalue weighted by Crippen LogP contribution is -2.27. The van der Waals surface area contributed by atoms with Crippen LogP contribution in [0.3, 0.4) is 0 Å². The number of carbonyl (C=O) groups is 2. The lowest BCUT2D eigenvalue weighted by Gasteiger charge is -2.15. The van der Waals surface area contributed by atoms with Crippen molar-refractivity contribution in [1.82, 2.24) is 4.31 Å². The van der Waals surface area contributed by atoms with Crippen molar-refractivity contribution in [2.24, 2.45) is 5.73 Å². The Bertz CT molecular complexity index is 1070. The van der Waals surface area contributed by atoms with Gasteiger partial charge < -0.3 is 11.1 Å². The third kappa shape index (κ3) is 4.01. The molecule has 160 valence electrons. The van der Waals surface area contributed by atoms with E-state index in [2.05, 4.69) is 5.32 Å². The van der Waals surface area contributed by atoms with Crippen LogP contribution in [0.5, 0.6) is 0 Å². The highest BCUT2D eigenvalue weighted by molar-refractivity contribution is 7.89. The Morgan fingerprint density at radius 1 is 0.967 bits per heavy atom. The van der Waals surface area contributed by atoms with Crippen LogP contribution in [0.1, 0.15) is 63.3 Å². The van der Waals surface area contributed by atoms with E-state index in [1.807, 2.05) is 0 Å². The van der Waals surface area contributed by atoms with Crippen LogP contribution in [0.2, 0.25) is 0 Å². The first-order valence-corrected chi connectivity index (χ1v) is 12.5. The van der Waals surface area contributed by atoms with Crippen molar-refractivity contribution in [3.8, 4) is 0 Å². The Labute approximate surface area is 180 Å². The fourth-order valence-corrected chi connectivity index (χ4v) is 6.93. The Morgan fingerprint density at radius 2 is 1.63 bits per heavy atom. The van der Waals surface area contributed by atoms with Gasteiger partial charge in [0.25, 0.3) is 11.8 Å². The van der Waals surface area contributed by atoms with Gasteiger partial charge in [0, 0.05) is 23.5 Å². The molecule has 1 aliphatic heterocycles. The summed E-state index contributed by atoms with van der Waals surface area (Å²) < 4.78 is 26.8. The summed E-state index contributed by atoms with van der Waals surface area (Å²) in [6, 6.07) is 5.92. The van der Waals surface area contributed by atoms with E-state index >= 15 is 0 Å². The number of rotatable bonds is 5. The van der Waals surface area contributed by atoms with Crippen molar-refractivity contribution in [2.75, 3.05) is 18.4 Å². The van der Waals surface area contributed by atoms with Gasteiger partial charge in [-0.05, 0) is 68.4 Å². The number of amides is 2. The minimum atomic E-state index is -3.52. The summed E-state index contributed by atoms with van der Waals surface area (Å²) in [5, 5.41) is 3.30. The first kappa shape index (κ1) is 21.0. The molecule has 2 heterocycles. The molecule has 2 aromatic rings. The molecule has 7 nitrogen and oxygen atoms in total. The maximum absolute atomic E-state index is 12.8. The predicted molar refractivity (Wildman–Crippen MR) is 116 cm³/mol. The number of sulfonamides is 1. The van der Waals surface area contributed by atoms with Gasteiger partial charge in [-0.2, -0.15) is 4.31 Å². The molecule has 0 unspecified atom stereocenters. The van der Waals surface area contributed by atoms with E-state index in [4.69, 9.17) is 5.73 Å². The highest BCUT2D eigenvalue weighted by Crippen LogP contribution is 2.37. The van der Waals surface area contributed by atoms with Crippen molar-refractivity contribution in [1.29, 1.82) is 0 Å². The summed E-state index contributed by atoms with van der Waals surface area (Å²) >= 11 is 1.42. The molecule has 0 radical (unpaired) electrons. The number of nitrogens with one attached hydrogen (secondary N) is 1. The standard InChI is InChI=1S/C21H25N3O4S2/c22-19(25)18-16-6-2-1-3-7-17(16)29-21(18)23-20(26)14-8-10-15(11-9-14)30(27,28)24-12-4-5-13-24/h8-11H,1-7,12-13H2,(H2,22,25)(H,23,26). The van der Waals surface area contributed by atoms with E-state index in [0.717, 1.165) is 55.4 Å². The molecule has 1 aliphatic carbocycles. The lowest BCUT2D eigenvalue weighted by molar-refractivity contribution is 0.100. The normalized spacial score (nSPS) is 17.3. The number of nitrogens with zero attached hydrogens (tertiary/aromatic N) is 1. The molecule has 2 amide bonds. The van der Waals surface area contributed by atoms with Crippen LogP contribution in [0, 0.1) is 0 Å². The molecule has 1 aromatic heterocycles. The fraction of sp³-hybridized carbons (Fsp3) is 0.429. The van der Waals surface area contributed by atoms with Gasteiger partial charge in [-0.3, -0.25) is 9.59 Å². The average Bonchev–Trinajstić information content (AvgIpc) is 3.32. The van der Waals surface area contributed by atoms with E-state index in [9.17, 15) is 18.0 Å². The van der Waals surface area contributed by atoms with Crippen LogP contribution >= 0.6 is 11.3 Å². The Hall–Kier alpha value is -2.23. The minimum absolute atomic E-state index is 0.182. The molecule has 0 atom stereocenters. The molecule has 4 rings (SSSR count). The van der Waals surface area contributed by atoms with E-state index < -0.39 is 15.9 Å². The number of benzene rings is 1. The zero-order valence-electron chi connectivity index (χ0n) is 16.6. The zero-order chi connectivity index (χ0) is 21.3. The number of aryl methyl sites for hydroxylation is 1. The molecule has 1 saturated heterocycles. The largest absolute Gasteiger partial charge is 0.365 e. The number of carbonyl (C=O) groups excluding carboxylic acids is 2. The highest BCUT2D eigenvalue weighted by Gasteiger charge is 2.28. The fourth-order valence-electron chi connectivity index (χ4n) is 4.12. The average molecular weight is 448 g/mol. The van der Waals surface area contributed by atoms with Crippen molar-refractivity contribution in [3.05, 3.63) is 45.8 Å². The number of nitrogens with two attached hydrogens (primary N) is 1. The van der Waals surface area contributed by atoms with E-state index in [1.165, 1.54) is 39.9 Å². The second kappa shape index (κ2) is 8.49. The Kier molecular flexibility index (Phi) is 5.95. The SMILES string of the molecule is NC(=O)c1c(NC(=O)c2ccc(S(=O)(=O)N3CCCC3)cc2)sc2c1CCCCC2. The van der Waals surface area contributed by atoms with Gasteiger partial charge in [-0.1, -0.05) is 6.42 Å². The molecule has 0 bridgehead atoms. The Morgan fingerprint density at radius 3 is 2.30 bits per heavy atom. The highest BCUT2D eigenvalue weighted by atomic mass is 32.2. The molecule has 0 spiro atoms. The molecule has 2 aliphatic rings. The van der Waals surface area contributed by atoms with Gasteiger partial charge in [0.15, 0.2) is 0 Å². The molecule has 0 saturated carbocycles. The van der Waals surface area contributed by atoms with Crippen LogP contribution < -0.4 is 11.1 Å². The molecule has 3 N–H and O–H groups in total. The van der Waals surface area contributed by atoms with Crippen LogP contribution in [0.25, 0.3) is 0 Å². The van der Waals surface area contributed by atoms with Crippen molar-refractivity contribution < 1.29 is 18.0 Å². The third-order valence-corrected chi connectivity index (χ3v) is 8.83. The van der Waals surface area contributed by atoms with Crippen LogP contribution in [-0.4, -0.2) is 37.6 Å². The molecule has 9 heteroatoms.